The summed E-state index contributed by atoms with van der Waals surface area (Å²) < 4.78 is 65.0. The molecule has 0 aliphatic carbocycles. The van der Waals surface area contributed by atoms with Crippen LogP contribution in [0, 0.1) is 0 Å². The van der Waals surface area contributed by atoms with Crippen molar-refractivity contribution in [2.24, 2.45) is 0 Å². The Labute approximate surface area is 194 Å². The van der Waals surface area contributed by atoms with Crippen LogP contribution < -0.4 is 23.8 Å². The van der Waals surface area contributed by atoms with Crippen molar-refractivity contribution in [2.45, 2.75) is 37.8 Å². The highest BCUT2D eigenvalue weighted by Crippen LogP contribution is 2.36. The average Bonchev–Trinajstić information content (AvgIpc) is 2.77. The predicted molar refractivity (Wildman–Crippen MR) is 125 cm³/mol. The van der Waals surface area contributed by atoms with E-state index in [1.807, 2.05) is 0 Å². The third-order valence-corrected chi connectivity index (χ3v) is 8.26. The topological polar surface area (TPSA) is 131 Å². The number of benzene rings is 2. The van der Waals surface area contributed by atoms with Crippen LogP contribution in [0.25, 0.3) is 0 Å². The Kier molecular flexibility index (Phi) is 7.20. The van der Waals surface area contributed by atoms with E-state index < -0.39 is 32.1 Å². The van der Waals surface area contributed by atoms with E-state index in [1.54, 1.807) is 38.1 Å². The Morgan fingerprint density at radius 1 is 1.18 bits per heavy atom. The second-order valence-corrected chi connectivity index (χ2v) is 11.5. The van der Waals surface area contributed by atoms with Crippen LogP contribution >= 0.6 is 0 Å². The average molecular weight is 498 g/mol. The number of rotatable bonds is 8. The molecule has 33 heavy (non-hydrogen) atoms. The van der Waals surface area contributed by atoms with Gasteiger partial charge in [0, 0.05) is 6.04 Å². The Hall–Kier alpha value is -2.83. The third-order valence-electron chi connectivity index (χ3n) is 4.86. The SMILES string of the molecule is CCS(=O)(=O)N1CC(C(=O)Nc2cc(S(=O)(=O)NC(C)C)ccc2OC)Oc2ccccc21. The molecule has 1 aliphatic rings. The van der Waals surface area contributed by atoms with Crippen LogP contribution in [0.15, 0.2) is 47.4 Å². The van der Waals surface area contributed by atoms with Crippen molar-refractivity contribution in [1.29, 1.82) is 0 Å². The predicted octanol–water partition coefficient (Wildman–Crippen LogP) is 1.94. The van der Waals surface area contributed by atoms with Gasteiger partial charge in [0.25, 0.3) is 5.91 Å². The maximum absolute atomic E-state index is 13.1. The van der Waals surface area contributed by atoms with E-state index >= 15 is 0 Å². The fourth-order valence-corrected chi connectivity index (χ4v) is 5.70. The van der Waals surface area contributed by atoms with Crippen LogP contribution in [0.5, 0.6) is 11.5 Å². The van der Waals surface area contributed by atoms with Gasteiger partial charge in [0.2, 0.25) is 20.0 Å². The lowest BCUT2D eigenvalue weighted by Crippen LogP contribution is -2.49. The van der Waals surface area contributed by atoms with Crippen molar-refractivity contribution in [3.05, 3.63) is 42.5 Å². The normalized spacial score (nSPS) is 16.2. The zero-order valence-electron chi connectivity index (χ0n) is 18.7. The zero-order chi connectivity index (χ0) is 24.4. The molecule has 0 aromatic heterocycles. The summed E-state index contributed by atoms with van der Waals surface area (Å²) in [5, 5.41) is 2.62. The fraction of sp³-hybridized carbons (Fsp3) is 0.381. The third kappa shape index (κ3) is 5.40. The van der Waals surface area contributed by atoms with Gasteiger partial charge in [0.1, 0.15) is 11.5 Å². The van der Waals surface area contributed by atoms with E-state index in [0.29, 0.717) is 5.69 Å². The molecule has 1 amide bonds. The first kappa shape index (κ1) is 24.8. The van der Waals surface area contributed by atoms with E-state index in [4.69, 9.17) is 9.47 Å². The van der Waals surface area contributed by atoms with Crippen LogP contribution in [0.2, 0.25) is 0 Å². The molecule has 0 saturated carbocycles. The number of hydrogen-bond donors (Lipinski definition) is 2. The number of sulfonamides is 2. The van der Waals surface area contributed by atoms with Gasteiger partial charge in [-0.25, -0.2) is 21.6 Å². The van der Waals surface area contributed by atoms with E-state index in [2.05, 4.69) is 10.0 Å². The minimum Gasteiger partial charge on any atom is -0.495 e. The maximum Gasteiger partial charge on any atom is 0.267 e. The summed E-state index contributed by atoms with van der Waals surface area (Å²) in [6.45, 7) is 4.68. The monoisotopic (exact) mass is 497 g/mol. The molecule has 0 bridgehead atoms. The number of ether oxygens (including phenoxy) is 2. The number of carbonyl (C=O) groups is 1. The molecule has 0 radical (unpaired) electrons. The van der Waals surface area contributed by atoms with Crippen molar-refractivity contribution in [3.8, 4) is 11.5 Å². The minimum absolute atomic E-state index is 0.0580. The van der Waals surface area contributed by atoms with E-state index in [9.17, 15) is 21.6 Å². The molecule has 3 rings (SSSR count). The van der Waals surface area contributed by atoms with Gasteiger partial charge in [0.05, 0.1) is 35.7 Å². The van der Waals surface area contributed by atoms with E-state index in [0.717, 1.165) is 4.31 Å². The van der Waals surface area contributed by atoms with Gasteiger partial charge < -0.3 is 14.8 Å². The number of hydrogen-bond acceptors (Lipinski definition) is 7. The maximum atomic E-state index is 13.1. The second kappa shape index (κ2) is 9.57. The Morgan fingerprint density at radius 3 is 2.52 bits per heavy atom. The number of fused-ring (bicyclic) bond motifs is 1. The first-order chi connectivity index (χ1) is 15.5. The van der Waals surface area contributed by atoms with Gasteiger partial charge in [0.15, 0.2) is 6.10 Å². The number of carbonyl (C=O) groups excluding carboxylic acids is 1. The number of nitrogens with one attached hydrogen (secondary N) is 2. The Balaban J connectivity index is 1.92. The van der Waals surface area contributed by atoms with Crippen LogP contribution in [-0.4, -0.2) is 54.3 Å². The summed E-state index contributed by atoms with van der Waals surface area (Å²) in [7, 11) is -6.09. The van der Waals surface area contributed by atoms with Crippen LogP contribution in [-0.2, 0) is 24.8 Å². The number of para-hydroxylation sites is 2. The highest BCUT2D eigenvalue weighted by atomic mass is 32.2. The number of methoxy groups -OCH3 is 1. The highest BCUT2D eigenvalue weighted by Gasteiger charge is 2.36. The first-order valence-corrected chi connectivity index (χ1v) is 13.3. The summed E-state index contributed by atoms with van der Waals surface area (Å²) in [5.41, 5.74) is 0.468. The Bertz CT molecular complexity index is 1240. The molecule has 1 atom stereocenters. The van der Waals surface area contributed by atoms with Crippen molar-refractivity contribution in [3.63, 3.8) is 0 Å². The lowest BCUT2D eigenvalue weighted by atomic mass is 10.2. The molecule has 2 aromatic rings. The largest absolute Gasteiger partial charge is 0.495 e. The molecule has 0 spiro atoms. The summed E-state index contributed by atoms with van der Waals surface area (Å²) in [5.74, 6) is -0.302. The summed E-state index contributed by atoms with van der Waals surface area (Å²) in [4.78, 5) is 13.0. The molecule has 180 valence electrons. The van der Waals surface area contributed by atoms with Gasteiger partial charge in [-0.1, -0.05) is 12.1 Å². The summed E-state index contributed by atoms with van der Waals surface area (Å²) in [6.07, 6.45) is -1.17. The molecule has 10 nitrogen and oxygen atoms in total. The first-order valence-electron chi connectivity index (χ1n) is 10.3. The van der Waals surface area contributed by atoms with Crippen molar-refractivity contribution in [2.75, 3.05) is 29.0 Å². The smallest absolute Gasteiger partial charge is 0.267 e. The molecule has 2 aromatic carbocycles. The summed E-state index contributed by atoms with van der Waals surface area (Å²) in [6, 6.07) is 10.3. The lowest BCUT2D eigenvalue weighted by molar-refractivity contribution is -0.122. The van der Waals surface area contributed by atoms with Crippen molar-refractivity contribution < 1.29 is 31.1 Å². The van der Waals surface area contributed by atoms with E-state index in [-0.39, 0.29) is 40.4 Å². The second-order valence-electron chi connectivity index (χ2n) is 7.63. The molecule has 1 heterocycles. The number of nitrogens with zero attached hydrogens (tertiary/aromatic N) is 1. The van der Waals surface area contributed by atoms with Crippen molar-refractivity contribution in [1.82, 2.24) is 4.72 Å². The molecule has 0 fully saturated rings. The van der Waals surface area contributed by atoms with E-state index in [1.165, 1.54) is 32.2 Å². The van der Waals surface area contributed by atoms with Gasteiger partial charge >= 0.3 is 0 Å². The number of amides is 1. The fourth-order valence-electron chi connectivity index (χ4n) is 3.30. The molecular weight excluding hydrogens is 470 g/mol. The lowest BCUT2D eigenvalue weighted by Gasteiger charge is -2.34. The van der Waals surface area contributed by atoms with Crippen LogP contribution in [0.4, 0.5) is 11.4 Å². The van der Waals surface area contributed by atoms with Gasteiger partial charge in [-0.15, -0.1) is 0 Å². The molecule has 2 N–H and O–H groups in total. The molecule has 12 heteroatoms. The molecule has 1 aliphatic heterocycles. The van der Waals surface area contributed by atoms with Crippen LogP contribution in [0.1, 0.15) is 20.8 Å². The molecule has 1 unspecified atom stereocenters. The molecule has 0 saturated heterocycles. The van der Waals surface area contributed by atoms with Gasteiger partial charge in [-0.3, -0.25) is 9.10 Å². The standard InChI is InChI=1S/C21H27N3O7S2/c1-5-32(26,27)24-13-20(31-19-9-7-6-8-17(19)24)21(25)22-16-12-15(10-11-18(16)30-4)33(28,29)23-14(2)3/h6-12,14,20,23H,5,13H2,1-4H3,(H,22,25). The highest BCUT2D eigenvalue weighted by molar-refractivity contribution is 7.92. The van der Waals surface area contributed by atoms with Crippen molar-refractivity contribution >= 4 is 37.3 Å². The quantitative estimate of drug-likeness (QED) is 0.570. The molecular formula is C21H27N3O7S2. The van der Waals surface area contributed by atoms with Gasteiger partial charge in [-0.2, -0.15) is 0 Å². The Morgan fingerprint density at radius 2 is 1.88 bits per heavy atom. The van der Waals surface area contributed by atoms with Gasteiger partial charge in [-0.05, 0) is 51.1 Å². The summed E-state index contributed by atoms with van der Waals surface area (Å²) >= 11 is 0. The minimum atomic E-state index is -3.81. The van der Waals surface area contributed by atoms with Crippen LogP contribution in [0.3, 0.4) is 0 Å². The number of anilines is 2. The zero-order valence-corrected chi connectivity index (χ0v) is 20.4.